The van der Waals surface area contributed by atoms with Crippen molar-refractivity contribution in [2.75, 3.05) is 0 Å². The Balaban J connectivity index is 0.000000267. The van der Waals surface area contributed by atoms with Gasteiger partial charge in [0.1, 0.15) is 5.82 Å². The first-order chi connectivity index (χ1) is 24.6. The summed E-state index contributed by atoms with van der Waals surface area (Å²) in [6, 6.07) is 35.5. The van der Waals surface area contributed by atoms with Gasteiger partial charge in [0.25, 0.3) is 0 Å². The molecule has 3 aromatic heterocycles. The molecule has 0 saturated heterocycles. The maximum absolute atomic E-state index is 13.6. The van der Waals surface area contributed by atoms with E-state index in [1.54, 1.807) is 30.5 Å². The Bertz CT molecular complexity index is 2340. The van der Waals surface area contributed by atoms with Crippen molar-refractivity contribution in [2.24, 2.45) is 5.92 Å². The largest absolute Gasteiger partial charge is 0 e. The topological polar surface area (TPSA) is 25.8 Å². The normalized spacial score (nSPS) is 13.4. The van der Waals surface area contributed by atoms with Gasteiger partial charge in [0.2, 0.25) is 0 Å². The molecule has 0 atom stereocenters. The van der Waals surface area contributed by atoms with Crippen LogP contribution in [0.5, 0.6) is 0 Å². The van der Waals surface area contributed by atoms with E-state index in [-0.39, 0.29) is 37.4 Å². The minimum atomic E-state index is -2.35. The van der Waals surface area contributed by atoms with E-state index < -0.39 is 26.5 Å². The van der Waals surface area contributed by atoms with Crippen molar-refractivity contribution in [1.82, 2.24) is 9.97 Å². The molecular weight excluding hydrogens is 848 g/mol. The fourth-order valence-corrected chi connectivity index (χ4v) is 8.97. The SMILES string of the molecule is [2H]C([2H])([2H])c1c[c-]c(-c2cc(C([2H])([2H])C(C)C)ccn2)c2sc3c(-c4ccc(F)cc4)cccc3c12.[CH3][Ge]([CH3])([CH3])[c]1ccc(-c2[c-]cccc2)nc1.[Ir]. The molecule has 0 aliphatic heterocycles. The molecule has 48 heavy (non-hydrogen) atoms. The van der Waals surface area contributed by atoms with E-state index in [0.717, 1.165) is 37.2 Å². The van der Waals surface area contributed by atoms with Crippen LogP contribution in [-0.2, 0) is 26.5 Å². The van der Waals surface area contributed by atoms with Crippen LogP contribution in [0, 0.1) is 30.7 Å². The third-order valence-corrected chi connectivity index (χ3v) is 13.3. The van der Waals surface area contributed by atoms with Crippen LogP contribution >= 0.6 is 11.3 Å². The summed E-state index contributed by atoms with van der Waals surface area (Å²) >= 11 is -0.266. The Hall–Kier alpha value is -3.48. The second-order valence-corrected chi connectivity index (χ2v) is 24.4. The number of pyridine rings is 2. The quantitative estimate of drug-likeness (QED) is 0.123. The molecule has 3 heterocycles. The molecule has 0 spiro atoms. The molecule has 0 bridgehead atoms. The summed E-state index contributed by atoms with van der Waals surface area (Å²) in [5.41, 5.74) is 5.68. The van der Waals surface area contributed by atoms with E-state index in [2.05, 4.69) is 51.5 Å². The molecule has 245 valence electrons. The van der Waals surface area contributed by atoms with E-state index in [0.29, 0.717) is 22.2 Å². The standard InChI is InChI=1S/C28H23FNS.C14H16GeN.Ir/c1-17(2)15-19-13-14-30-25(16-19)23-12-7-18(3)26-24-6-4-5-22(27(24)31-28(23)26)20-8-10-21(29)11-9-20;1-15(2,3)13-9-10-14(16-11-13)12-7-5-4-6-8-12;/h4-11,13-14,16-17H,15H2,1-3H3;4-7,9-11H,1-3H3;/q2*-1;/i3D3,15D2;;. The van der Waals surface area contributed by atoms with Crippen molar-refractivity contribution < 1.29 is 31.3 Å². The Morgan fingerprint density at radius 2 is 1.71 bits per heavy atom. The van der Waals surface area contributed by atoms with Crippen LogP contribution in [0.3, 0.4) is 0 Å². The molecule has 4 aromatic carbocycles. The number of hydrogen-bond donors (Lipinski definition) is 0. The van der Waals surface area contributed by atoms with Crippen molar-refractivity contribution in [3.05, 3.63) is 139 Å². The zero-order valence-electron chi connectivity index (χ0n) is 32.5. The maximum Gasteiger partial charge on any atom is 0 e. The van der Waals surface area contributed by atoms with E-state index in [4.69, 9.17) is 6.85 Å². The van der Waals surface area contributed by atoms with E-state index in [1.165, 1.54) is 33.9 Å². The van der Waals surface area contributed by atoms with Gasteiger partial charge < -0.3 is 4.98 Å². The van der Waals surface area contributed by atoms with Crippen LogP contribution in [0.4, 0.5) is 4.39 Å². The molecule has 1 radical (unpaired) electrons. The number of aromatic nitrogens is 2. The number of hydrogen-bond acceptors (Lipinski definition) is 3. The molecule has 0 saturated carbocycles. The van der Waals surface area contributed by atoms with Gasteiger partial charge in [-0.05, 0) is 57.4 Å². The Kier molecular flexibility index (Phi) is 9.44. The molecule has 7 rings (SSSR count). The zero-order chi connectivity index (χ0) is 37.4. The van der Waals surface area contributed by atoms with Crippen molar-refractivity contribution in [3.8, 4) is 33.6 Å². The number of aryl methyl sites for hydroxylation is 1. The molecular formula is C42H39FGeIrN2S-2. The molecule has 0 unspecified atom stereocenters. The van der Waals surface area contributed by atoms with Gasteiger partial charge in [0.05, 0.1) is 0 Å². The van der Waals surface area contributed by atoms with E-state index >= 15 is 0 Å². The summed E-state index contributed by atoms with van der Waals surface area (Å²) in [7, 11) is 0. The molecule has 0 aliphatic rings. The fourth-order valence-electron chi connectivity index (χ4n) is 5.43. The van der Waals surface area contributed by atoms with Crippen LogP contribution in [0.25, 0.3) is 53.8 Å². The van der Waals surface area contributed by atoms with Crippen LogP contribution in [0.2, 0.25) is 17.3 Å². The van der Waals surface area contributed by atoms with E-state index in [9.17, 15) is 4.39 Å². The first kappa shape index (κ1) is 29.4. The number of thiophene rings is 1. The zero-order valence-corrected chi connectivity index (χ0v) is 32.8. The number of rotatable bonds is 6. The summed E-state index contributed by atoms with van der Waals surface area (Å²) in [6.07, 6.45) is 2.07. The van der Waals surface area contributed by atoms with Gasteiger partial charge in [0.15, 0.2) is 0 Å². The second-order valence-electron chi connectivity index (χ2n) is 12.8. The van der Waals surface area contributed by atoms with Crippen LogP contribution in [-0.4, -0.2) is 23.2 Å². The molecule has 0 fully saturated rings. The van der Waals surface area contributed by atoms with Gasteiger partial charge in [-0.2, -0.15) is 11.3 Å². The molecule has 0 N–H and O–H groups in total. The van der Waals surface area contributed by atoms with Gasteiger partial charge in [0, 0.05) is 37.9 Å². The smallest absolute Gasteiger partial charge is 0 e. The number of benzene rings is 4. The van der Waals surface area contributed by atoms with Crippen molar-refractivity contribution in [1.29, 1.82) is 0 Å². The van der Waals surface area contributed by atoms with Gasteiger partial charge >= 0.3 is 99.8 Å². The Morgan fingerprint density at radius 3 is 2.38 bits per heavy atom. The monoisotopic (exact) mass is 894 g/mol. The molecule has 2 nitrogen and oxygen atoms in total. The molecule has 0 amide bonds. The summed E-state index contributed by atoms with van der Waals surface area (Å²) < 4.78 is 58.1. The third kappa shape index (κ3) is 8.03. The predicted octanol–water partition coefficient (Wildman–Crippen LogP) is 11.3. The second kappa shape index (κ2) is 15.4. The summed E-state index contributed by atoms with van der Waals surface area (Å²) in [4.78, 5) is 9.04. The third-order valence-electron chi connectivity index (χ3n) is 7.81. The number of halogens is 1. The van der Waals surface area contributed by atoms with Gasteiger partial charge in [-0.1, -0.05) is 68.0 Å². The number of fused-ring (bicyclic) bond motifs is 3. The predicted molar refractivity (Wildman–Crippen MR) is 202 cm³/mol. The van der Waals surface area contributed by atoms with Crippen LogP contribution < -0.4 is 4.40 Å². The van der Waals surface area contributed by atoms with E-state index in [1.807, 2.05) is 62.5 Å². The summed E-state index contributed by atoms with van der Waals surface area (Å²) in [5, 5.41) is 1.42. The fraction of sp³-hybridized carbons (Fsp3) is 0.190. The molecule has 7 aromatic rings. The molecule has 0 aliphatic carbocycles. The first-order valence-electron chi connectivity index (χ1n) is 18.1. The van der Waals surface area contributed by atoms with Gasteiger partial charge in [-0.3, -0.25) is 0 Å². The van der Waals surface area contributed by atoms with Crippen molar-refractivity contribution in [2.45, 2.75) is 44.3 Å². The van der Waals surface area contributed by atoms with Gasteiger partial charge in [-0.15, -0.1) is 23.3 Å². The van der Waals surface area contributed by atoms with Gasteiger partial charge in [-0.25, -0.2) is 4.39 Å². The van der Waals surface area contributed by atoms with Crippen molar-refractivity contribution >= 4 is 49.2 Å². The summed E-state index contributed by atoms with van der Waals surface area (Å²) in [5.74, 6) is 6.58. The maximum atomic E-state index is 13.6. The number of nitrogens with zero attached hydrogens (tertiary/aromatic N) is 2. The average Bonchev–Trinajstić information content (AvgIpc) is 3.51. The summed E-state index contributed by atoms with van der Waals surface area (Å²) in [6.45, 7) is 1.31. The minimum Gasteiger partial charge on any atom is 0 e. The van der Waals surface area contributed by atoms with Crippen LogP contribution in [0.1, 0.15) is 31.8 Å². The first-order valence-corrected chi connectivity index (χ1v) is 23.8. The minimum absolute atomic E-state index is 0. The average molecular weight is 893 g/mol. The Morgan fingerprint density at radius 1 is 0.896 bits per heavy atom. The van der Waals surface area contributed by atoms with Crippen LogP contribution in [0.15, 0.2) is 109 Å². The Labute approximate surface area is 311 Å². The molecule has 6 heteroatoms. The van der Waals surface area contributed by atoms with Crippen molar-refractivity contribution in [3.63, 3.8) is 0 Å².